The van der Waals surface area contributed by atoms with E-state index < -0.39 is 0 Å². The molecule has 0 atom stereocenters. The van der Waals surface area contributed by atoms with Crippen molar-refractivity contribution in [1.82, 2.24) is 0 Å². The van der Waals surface area contributed by atoms with E-state index in [1.165, 1.54) is 5.56 Å². The van der Waals surface area contributed by atoms with E-state index in [4.69, 9.17) is 13.3 Å². The summed E-state index contributed by atoms with van der Waals surface area (Å²) in [5.74, 6) is 0. The maximum Gasteiger partial charge on any atom is 0.159 e. The lowest BCUT2D eigenvalue weighted by molar-refractivity contribution is 0.668. The van der Waals surface area contributed by atoms with Crippen molar-refractivity contribution in [2.24, 2.45) is 0 Å². The normalized spacial score (nSPS) is 12.0. The SMILES string of the molecule is c1ccc(-c2ccc(N(c3ccc4oc5ccc6c(ccc7oc8ccccc8c76)c5c4c3)c3cccc4c3oc3ccccc34)cc2)cc1. The lowest BCUT2D eigenvalue weighted by Crippen LogP contribution is -2.10. The van der Waals surface area contributed by atoms with E-state index in [0.29, 0.717) is 0 Å². The number of fused-ring (bicyclic) bond motifs is 12. The average Bonchev–Trinajstić information content (AvgIpc) is 3.87. The van der Waals surface area contributed by atoms with Gasteiger partial charge >= 0.3 is 0 Å². The van der Waals surface area contributed by atoms with Crippen molar-refractivity contribution in [1.29, 1.82) is 0 Å². The minimum absolute atomic E-state index is 0.842. The van der Waals surface area contributed by atoms with Gasteiger partial charge in [-0.2, -0.15) is 0 Å². The molecule has 0 amide bonds. The molecule has 11 aromatic rings. The molecule has 0 fully saturated rings. The highest BCUT2D eigenvalue weighted by atomic mass is 16.3. The fraction of sp³-hybridized carbons (Fsp3) is 0. The number of hydrogen-bond acceptors (Lipinski definition) is 4. The Labute approximate surface area is 286 Å². The summed E-state index contributed by atoms with van der Waals surface area (Å²) in [5, 5.41) is 8.85. The molecule has 4 nitrogen and oxygen atoms in total. The van der Waals surface area contributed by atoms with Crippen molar-refractivity contribution in [3.05, 3.63) is 164 Å². The minimum atomic E-state index is 0.842. The number of nitrogens with zero attached hydrogens (tertiary/aromatic N) is 1. The summed E-state index contributed by atoms with van der Waals surface area (Å²) < 4.78 is 19.3. The summed E-state index contributed by atoms with van der Waals surface area (Å²) in [6.07, 6.45) is 0. The van der Waals surface area contributed by atoms with Crippen LogP contribution in [0.2, 0.25) is 0 Å². The van der Waals surface area contributed by atoms with Crippen molar-refractivity contribution in [3.8, 4) is 11.1 Å². The first-order valence-electron chi connectivity index (χ1n) is 16.8. The molecule has 50 heavy (non-hydrogen) atoms. The van der Waals surface area contributed by atoms with Crippen LogP contribution in [0.5, 0.6) is 0 Å². The van der Waals surface area contributed by atoms with Gasteiger partial charge in [0, 0.05) is 43.7 Å². The van der Waals surface area contributed by atoms with Gasteiger partial charge in [-0.25, -0.2) is 0 Å². The predicted octanol–water partition coefficient (Wildman–Crippen LogP) is 13.7. The predicted molar refractivity (Wildman–Crippen MR) is 206 cm³/mol. The van der Waals surface area contributed by atoms with Gasteiger partial charge < -0.3 is 18.2 Å². The zero-order valence-corrected chi connectivity index (χ0v) is 26.8. The molecule has 3 heterocycles. The number of benzene rings is 8. The maximum atomic E-state index is 6.60. The second kappa shape index (κ2) is 10.4. The Bertz CT molecular complexity index is 3090. The first kappa shape index (κ1) is 27.2. The van der Waals surface area contributed by atoms with Crippen LogP contribution in [0.3, 0.4) is 0 Å². The number of furan rings is 3. The van der Waals surface area contributed by atoms with Gasteiger partial charge in [0.05, 0.1) is 5.69 Å². The summed E-state index contributed by atoms with van der Waals surface area (Å²) in [4.78, 5) is 2.30. The van der Waals surface area contributed by atoms with Crippen LogP contribution in [0.4, 0.5) is 17.1 Å². The van der Waals surface area contributed by atoms with E-state index in [2.05, 4.69) is 138 Å². The Hall–Kier alpha value is -6.78. The molecule has 0 saturated heterocycles. The van der Waals surface area contributed by atoms with Crippen LogP contribution in [-0.4, -0.2) is 0 Å². The van der Waals surface area contributed by atoms with E-state index >= 15 is 0 Å². The molecule has 0 N–H and O–H groups in total. The molecule has 0 aliphatic carbocycles. The molecule has 0 radical (unpaired) electrons. The van der Waals surface area contributed by atoms with Crippen molar-refractivity contribution < 1.29 is 13.3 Å². The van der Waals surface area contributed by atoms with Gasteiger partial charge in [-0.05, 0) is 94.7 Å². The van der Waals surface area contributed by atoms with Gasteiger partial charge in [-0.15, -0.1) is 0 Å². The standard InChI is InChI=1S/C46H27NO3/c1-2-9-28(10-3-1)29-17-19-30(20-18-29)47(38-14-8-13-35-32-11-4-6-15-39(32)50-46(35)38)31-21-24-41-37(27-31)45-34-23-25-42-44(33(34)22-26-43(45)49-41)36-12-5-7-16-40(36)48-42/h1-27H. The topological polar surface area (TPSA) is 42.7 Å². The van der Waals surface area contributed by atoms with Crippen LogP contribution in [0, 0.1) is 0 Å². The van der Waals surface area contributed by atoms with Crippen LogP contribution >= 0.6 is 0 Å². The lowest BCUT2D eigenvalue weighted by atomic mass is 9.99. The zero-order valence-electron chi connectivity index (χ0n) is 26.8. The van der Waals surface area contributed by atoms with Crippen molar-refractivity contribution >= 4 is 93.7 Å². The molecule has 0 bridgehead atoms. The molecule has 0 unspecified atom stereocenters. The van der Waals surface area contributed by atoms with E-state index in [9.17, 15) is 0 Å². The van der Waals surface area contributed by atoms with Gasteiger partial charge in [0.2, 0.25) is 0 Å². The second-order valence-electron chi connectivity index (χ2n) is 12.9. The third kappa shape index (κ3) is 3.93. The van der Waals surface area contributed by atoms with Crippen LogP contribution in [0.1, 0.15) is 0 Å². The number of rotatable bonds is 4. The number of para-hydroxylation sites is 3. The molecular formula is C46H27NO3. The summed E-state index contributed by atoms with van der Waals surface area (Å²) >= 11 is 0. The van der Waals surface area contributed by atoms with Crippen molar-refractivity contribution in [3.63, 3.8) is 0 Å². The molecule has 0 saturated carbocycles. The first-order valence-corrected chi connectivity index (χ1v) is 16.8. The van der Waals surface area contributed by atoms with Crippen molar-refractivity contribution in [2.75, 3.05) is 4.90 Å². The highest BCUT2D eigenvalue weighted by Gasteiger charge is 2.22. The molecule has 11 rings (SSSR count). The van der Waals surface area contributed by atoms with Crippen LogP contribution in [0.25, 0.3) is 87.7 Å². The fourth-order valence-electron chi connectivity index (χ4n) is 7.80. The monoisotopic (exact) mass is 641 g/mol. The van der Waals surface area contributed by atoms with Crippen LogP contribution in [0.15, 0.2) is 177 Å². The Morgan fingerprint density at radius 1 is 0.320 bits per heavy atom. The van der Waals surface area contributed by atoms with Crippen LogP contribution < -0.4 is 4.90 Å². The van der Waals surface area contributed by atoms with Gasteiger partial charge in [0.25, 0.3) is 0 Å². The molecular weight excluding hydrogens is 615 g/mol. The van der Waals surface area contributed by atoms with Crippen LogP contribution in [-0.2, 0) is 0 Å². The molecule has 234 valence electrons. The molecule has 0 aliphatic heterocycles. The second-order valence-corrected chi connectivity index (χ2v) is 12.9. The fourth-order valence-corrected chi connectivity index (χ4v) is 7.80. The van der Waals surface area contributed by atoms with E-state index in [0.717, 1.165) is 99.2 Å². The van der Waals surface area contributed by atoms with E-state index in [-0.39, 0.29) is 0 Å². The summed E-state index contributed by atoms with van der Waals surface area (Å²) in [7, 11) is 0. The van der Waals surface area contributed by atoms with Gasteiger partial charge in [0.1, 0.15) is 27.9 Å². The largest absolute Gasteiger partial charge is 0.456 e. The summed E-state index contributed by atoms with van der Waals surface area (Å²) in [6, 6.07) is 57.1. The molecule has 8 aromatic carbocycles. The van der Waals surface area contributed by atoms with Gasteiger partial charge in [0.15, 0.2) is 5.58 Å². The Morgan fingerprint density at radius 3 is 1.64 bits per heavy atom. The summed E-state index contributed by atoms with van der Waals surface area (Å²) in [6.45, 7) is 0. The van der Waals surface area contributed by atoms with Gasteiger partial charge in [-0.3, -0.25) is 0 Å². The molecule has 4 heteroatoms. The molecule has 0 spiro atoms. The van der Waals surface area contributed by atoms with Gasteiger partial charge in [-0.1, -0.05) is 91.0 Å². The number of anilines is 3. The van der Waals surface area contributed by atoms with E-state index in [1.807, 2.05) is 30.3 Å². The van der Waals surface area contributed by atoms with E-state index in [1.54, 1.807) is 0 Å². The third-order valence-corrected chi connectivity index (χ3v) is 10.1. The Kier molecular flexibility index (Phi) is 5.63. The van der Waals surface area contributed by atoms with Crippen molar-refractivity contribution in [2.45, 2.75) is 0 Å². The average molecular weight is 642 g/mol. The highest BCUT2D eigenvalue weighted by molar-refractivity contribution is 6.27. The smallest absolute Gasteiger partial charge is 0.159 e. The maximum absolute atomic E-state index is 6.60. The number of hydrogen-bond donors (Lipinski definition) is 0. The quantitative estimate of drug-likeness (QED) is 0.192. The highest BCUT2D eigenvalue weighted by Crippen LogP contribution is 2.45. The lowest BCUT2D eigenvalue weighted by Gasteiger charge is -2.26. The summed E-state index contributed by atoms with van der Waals surface area (Å²) in [5.41, 5.74) is 10.5. The Balaban J connectivity index is 1.17. The first-order chi connectivity index (χ1) is 24.8. The minimum Gasteiger partial charge on any atom is -0.456 e. The molecule has 0 aliphatic rings. The molecule has 3 aromatic heterocycles. The third-order valence-electron chi connectivity index (χ3n) is 10.1. The zero-order chi connectivity index (χ0) is 32.8. The Morgan fingerprint density at radius 2 is 0.880 bits per heavy atom.